The molecule has 0 aromatic heterocycles. The lowest BCUT2D eigenvalue weighted by molar-refractivity contribution is 0.0595. The van der Waals surface area contributed by atoms with E-state index in [0.29, 0.717) is 5.92 Å². The van der Waals surface area contributed by atoms with Gasteiger partial charge in [-0.05, 0) is 53.8 Å². The van der Waals surface area contributed by atoms with Crippen LogP contribution in [0.5, 0.6) is 0 Å². The van der Waals surface area contributed by atoms with Crippen LogP contribution in [0.2, 0.25) is 0 Å². The van der Waals surface area contributed by atoms with Crippen LogP contribution >= 0.6 is 15.9 Å². The van der Waals surface area contributed by atoms with E-state index in [1.54, 1.807) is 0 Å². The van der Waals surface area contributed by atoms with E-state index in [1.165, 1.54) is 29.3 Å². The van der Waals surface area contributed by atoms with E-state index in [-0.39, 0.29) is 0 Å². The fraction of sp³-hybridized carbons (Fsp3) is 0.375. The van der Waals surface area contributed by atoms with E-state index in [0.717, 1.165) is 24.2 Å². The third kappa shape index (κ3) is 3.28. The Morgan fingerprint density at radius 2 is 2.00 bits per heavy atom. The van der Waals surface area contributed by atoms with E-state index in [1.807, 2.05) is 0 Å². The molecule has 2 aromatic carbocycles. The van der Waals surface area contributed by atoms with Gasteiger partial charge in [0.15, 0.2) is 0 Å². The Balaban J connectivity index is 1.69. The lowest BCUT2D eigenvalue weighted by Crippen LogP contribution is -2.24. The Hall–Kier alpha value is -1.06. The fourth-order valence-electron chi connectivity index (χ4n) is 2.56. The highest BCUT2D eigenvalue weighted by molar-refractivity contribution is 9.10. The zero-order chi connectivity index (χ0) is 13.1. The Labute approximate surface area is 122 Å². The molecule has 0 bridgehead atoms. The van der Waals surface area contributed by atoms with Crippen LogP contribution < -0.4 is 5.32 Å². The maximum absolute atomic E-state index is 5.51. The summed E-state index contributed by atoms with van der Waals surface area (Å²) in [6.07, 6.45) is 2.46. The van der Waals surface area contributed by atoms with Crippen LogP contribution in [-0.4, -0.2) is 19.8 Å². The molecule has 0 saturated carbocycles. The molecule has 1 heterocycles. The van der Waals surface area contributed by atoms with Crippen LogP contribution in [0.1, 0.15) is 12.8 Å². The summed E-state index contributed by atoms with van der Waals surface area (Å²) in [7, 11) is 0. The number of halogens is 1. The van der Waals surface area contributed by atoms with E-state index in [9.17, 15) is 0 Å². The van der Waals surface area contributed by atoms with Crippen LogP contribution in [0.15, 0.2) is 40.9 Å². The van der Waals surface area contributed by atoms with Gasteiger partial charge in [0.25, 0.3) is 0 Å². The van der Waals surface area contributed by atoms with Crippen molar-refractivity contribution < 1.29 is 4.74 Å². The SMILES string of the molecule is Brc1ccc2cc(NCC3CCCOC3)ccc2c1. The molecule has 2 aromatic rings. The molecule has 1 unspecified atom stereocenters. The first kappa shape index (κ1) is 12.9. The van der Waals surface area contributed by atoms with Crippen molar-refractivity contribution in [3.8, 4) is 0 Å². The van der Waals surface area contributed by atoms with Crippen LogP contribution in [0, 0.1) is 5.92 Å². The van der Waals surface area contributed by atoms with Crippen LogP contribution in [-0.2, 0) is 4.74 Å². The van der Waals surface area contributed by atoms with Gasteiger partial charge in [0.05, 0.1) is 6.61 Å². The van der Waals surface area contributed by atoms with Gasteiger partial charge in [0.2, 0.25) is 0 Å². The highest BCUT2D eigenvalue weighted by Gasteiger charge is 2.13. The Morgan fingerprint density at radius 1 is 1.16 bits per heavy atom. The van der Waals surface area contributed by atoms with Gasteiger partial charge in [-0.3, -0.25) is 0 Å². The first-order valence-corrected chi connectivity index (χ1v) is 7.61. The van der Waals surface area contributed by atoms with Crippen molar-refractivity contribution in [1.29, 1.82) is 0 Å². The minimum atomic E-state index is 0.648. The molecule has 0 spiro atoms. The summed E-state index contributed by atoms with van der Waals surface area (Å²) in [5.74, 6) is 0.648. The third-order valence-electron chi connectivity index (χ3n) is 3.65. The highest BCUT2D eigenvalue weighted by atomic mass is 79.9. The van der Waals surface area contributed by atoms with E-state index in [4.69, 9.17) is 4.74 Å². The molecule has 0 amide bonds. The number of benzene rings is 2. The summed E-state index contributed by atoms with van der Waals surface area (Å²) in [5, 5.41) is 6.07. The molecule has 2 nitrogen and oxygen atoms in total. The fourth-order valence-corrected chi connectivity index (χ4v) is 2.94. The molecular weight excluding hydrogens is 302 g/mol. The van der Waals surface area contributed by atoms with Gasteiger partial charge in [0, 0.05) is 23.3 Å². The summed E-state index contributed by atoms with van der Waals surface area (Å²) in [4.78, 5) is 0. The van der Waals surface area contributed by atoms with Crippen LogP contribution in [0.25, 0.3) is 10.8 Å². The highest BCUT2D eigenvalue weighted by Crippen LogP contribution is 2.23. The van der Waals surface area contributed by atoms with Crippen molar-refractivity contribution in [3.63, 3.8) is 0 Å². The van der Waals surface area contributed by atoms with E-state index < -0.39 is 0 Å². The zero-order valence-corrected chi connectivity index (χ0v) is 12.4. The maximum atomic E-state index is 5.51. The number of fused-ring (bicyclic) bond motifs is 1. The maximum Gasteiger partial charge on any atom is 0.0511 e. The average Bonchev–Trinajstić information content (AvgIpc) is 2.46. The summed E-state index contributed by atoms with van der Waals surface area (Å²) < 4.78 is 6.63. The van der Waals surface area contributed by atoms with Crippen molar-refractivity contribution in [2.45, 2.75) is 12.8 Å². The van der Waals surface area contributed by atoms with Gasteiger partial charge in [-0.25, -0.2) is 0 Å². The van der Waals surface area contributed by atoms with Gasteiger partial charge < -0.3 is 10.1 Å². The second-order valence-corrected chi connectivity index (χ2v) is 6.09. The Bertz CT molecular complexity index is 564. The van der Waals surface area contributed by atoms with Crippen molar-refractivity contribution in [1.82, 2.24) is 0 Å². The summed E-state index contributed by atoms with van der Waals surface area (Å²) in [5.41, 5.74) is 1.19. The van der Waals surface area contributed by atoms with Gasteiger partial charge in [-0.15, -0.1) is 0 Å². The number of anilines is 1. The van der Waals surface area contributed by atoms with Crippen molar-refractivity contribution in [3.05, 3.63) is 40.9 Å². The predicted octanol–water partition coefficient (Wildman–Crippen LogP) is 4.44. The monoisotopic (exact) mass is 319 g/mol. The zero-order valence-electron chi connectivity index (χ0n) is 10.9. The quantitative estimate of drug-likeness (QED) is 0.903. The molecule has 3 rings (SSSR count). The summed E-state index contributed by atoms with van der Waals surface area (Å²) >= 11 is 3.50. The smallest absolute Gasteiger partial charge is 0.0511 e. The average molecular weight is 320 g/mol. The Kier molecular flexibility index (Phi) is 4.04. The molecular formula is C16H18BrNO. The number of ether oxygens (including phenoxy) is 1. The molecule has 0 radical (unpaired) electrons. The van der Waals surface area contributed by atoms with Crippen LogP contribution in [0.4, 0.5) is 5.69 Å². The first-order chi connectivity index (χ1) is 9.31. The van der Waals surface area contributed by atoms with E-state index >= 15 is 0 Å². The Morgan fingerprint density at radius 3 is 2.84 bits per heavy atom. The molecule has 100 valence electrons. The molecule has 1 atom stereocenters. The number of nitrogens with one attached hydrogen (secondary N) is 1. The second kappa shape index (κ2) is 5.93. The van der Waals surface area contributed by atoms with Gasteiger partial charge in [-0.2, -0.15) is 0 Å². The molecule has 0 aliphatic carbocycles. The minimum Gasteiger partial charge on any atom is -0.385 e. The van der Waals surface area contributed by atoms with E-state index in [2.05, 4.69) is 57.6 Å². The summed E-state index contributed by atoms with van der Waals surface area (Å²) in [6.45, 7) is 2.83. The molecule has 19 heavy (non-hydrogen) atoms. The molecule has 1 N–H and O–H groups in total. The molecule has 1 saturated heterocycles. The van der Waals surface area contributed by atoms with Gasteiger partial charge >= 0.3 is 0 Å². The lowest BCUT2D eigenvalue weighted by Gasteiger charge is -2.22. The van der Waals surface area contributed by atoms with Gasteiger partial charge in [0.1, 0.15) is 0 Å². The minimum absolute atomic E-state index is 0.648. The molecule has 1 aliphatic rings. The molecule has 3 heteroatoms. The van der Waals surface area contributed by atoms with Crippen molar-refractivity contribution >= 4 is 32.4 Å². The number of hydrogen-bond acceptors (Lipinski definition) is 2. The number of hydrogen-bond donors (Lipinski definition) is 1. The first-order valence-electron chi connectivity index (χ1n) is 6.82. The van der Waals surface area contributed by atoms with Crippen molar-refractivity contribution in [2.24, 2.45) is 5.92 Å². The second-order valence-electron chi connectivity index (χ2n) is 5.17. The topological polar surface area (TPSA) is 21.3 Å². The summed E-state index contributed by atoms with van der Waals surface area (Å²) in [6, 6.07) is 12.9. The van der Waals surface area contributed by atoms with Gasteiger partial charge in [-0.1, -0.05) is 28.1 Å². The van der Waals surface area contributed by atoms with Crippen LogP contribution in [0.3, 0.4) is 0 Å². The largest absolute Gasteiger partial charge is 0.385 e. The van der Waals surface area contributed by atoms with Crippen molar-refractivity contribution in [2.75, 3.05) is 25.1 Å². The standard InChI is InChI=1S/C16H18BrNO/c17-15-5-3-14-9-16(6-4-13(14)8-15)18-10-12-2-1-7-19-11-12/h3-6,8-9,12,18H,1-2,7,10-11H2. The third-order valence-corrected chi connectivity index (χ3v) is 4.15. The molecule has 1 fully saturated rings. The predicted molar refractivity (Wildman–Crippen MR) is 83.7 cm³/mol. The lowest BCUT2D eigenvalue weighted by atomic mass is 10.0. The number of rotatable bonds is 3. The normalized spacial score (nSPS) is 19.5. The molecule has 1 aliphatic heterocycles.